The molecule has 3 atom stereocenters. The predicted molar refractivity (Wildman–Crippen MR) is 131 cm³/mol. The first-order valence-electron chi connectivity index (χ1n) is 12.3. The van der Waals surface area contributed by atoms with E-state index in [4.69, 9.17) is 9.47 Å². The third kappa shape index (κ3) is 5.10. The number of nitrogens with zero attached hydrogens (tertiary/aromatic N) is 4. The monoisotopic (exact) mass is 462 g/mol. The van der Waals surface area contributed by atoms with Crippen molar-refractivity contribution in [3.05, 3.63) is 65.6 Å². The van der Waals surface area contributed by atoms with E-state index in [9.17, 15) is 4.79 Å². The number of hydrogen-bond acceptors (Lipinski definition) is 5. The molecule has 0 aliphatic carbocycles. The van der Waals surface area contributed by atoms with Crippen LogP contribution in [-0.2, 0) is 11.3 Å². The summed E-state index contributed by atoms with van der Waals surface area (Å²) in [5, 5.41) is 0. The van der Waals surface area contributed by atoms with E-state index in [1.54, 1.807) is 0 Å². The maximum Gasteiger partial charge on any atom is 0.254 e. The molecule has 180 valence electrons. The summed E-state index contributed by atoms with van der Waals surface area (Å²) in [6.45, 7) is 10.2. The number of pyridine rings is 1. The van der Waals surface area contributed by atoms with Gasteiger partial charge in [0.25, 0.3) is 5.91 Å². The van der Waals surface area contributed by atoms with E-state index >= 15 is 0 Å². The van der Waals surface area contributed by atoms with Crippen molar-refractivity contribution >= 4 is 11.6 Å². The van der Waals surface area contributed by atoms with Gasteiger partial charge in [-0.15, -0.1) is 0 Å². The molecule has 3 aromatic rings. The smallest absolute Gasteiger partial charge is 0.254 e. The summed E-state index contributed by atoms with van der Waals surface area (Å²) in [5.74, 6) is 0.774. The van der Waals surface area contributed by atoms with Gasteiger partial charge in [0, 0.05) is 50.2 Å². The number of hydrogen-bond donors (Lipinski definition) is 0. The first-order valence-corrected chi connectivity index (χ1v) is 12.3. The highest BCUT2D eigenvalue weighted by Crippen LogP contribution is 2.24. The van der Waals surface area contributed by atoms with E-state index in [1.165, 1.54) is 5.56 Å². The van der Waals surface area contributed by atoms with E-state index < -0.39 is 0 Å². The number of likely N-dealkylation sites (tertiary alicyclic amines) is 1. The first kappa shape index (κ1) is 22.9. The molecule has 34 heavy (non-hydrogen) atoms. The largest absolute Gasteiger partial charge is 0.487 e. The Morgan fingerprint density at radius 1 is 1.15 bits per heavy atom. The van der Waals surface area contributed by atoms with Gasteiger partial charge in [-0.25, -0.2) is 4.98 Å². The number of imidazole rings is 1. The molecule has 2 aromatic heterocycles. The van der Waals surface area contributed by atoms with Gasteiger partial charge in [0.05, 0.1) is 17.9 Å². The summed E-state index contributed by atoms with van der Waals surface area (Å²) in [4.78, 5) is 22.5. The number of carbonyl (C=O) groups is 1. The van der Waals surface area contributed by atoms with Crippen LogP contribution in [0, 0.1) is 6.92 Å². The normalized spacial score (nSPS) is 23.5. The highest BCUT2D eigenvalue weighted by Gasteiger charge is 2.33. The fourth-order valence-corrected chi connectivity index (χ4v) is 5.29. The van der Waals surface area contributed by atoms with Crippen LogP contribution in [0.15, 0.2) is 48.8 Å². The van der Waals surface area contributed by atoms with Gasteiger partial charge in [-0.2, -0.15) is 0 Å². The van der Waals surface area contributed by atoms with Gasteiger partial charge in [-0.3, -0.25) is 9.69 Å². The van der Waals surface area contributed by atoms with Crippen molar-refractivity contribution in [1.29, 1.82) is 0 Å². The molecule has 1 amide bonds. The fourth-order valence-electron chi connectivity index (χ4n) is 5.29. The zero-order chi connectivity index (χ0) is 23.7. The Balaban J connectivity index is 1.23. The molecule has 2 saturated heterocycles. The van der Waals surface area contributed by atoms with Gasteiger partial charge >= 0.3 is 0 Å². The fraction of sp³-hybridized carbons (Fsp3) is 0.481. The molecule has 0 N–H and O–H groups in total. The third-order valence-electron chi connectivity index (χ3n) is 6.72. The SMILES string of the molecule is Cc1ccc2nc(COc3cccc(C(=O)N4CCCC4CN4CC(C)OC(C)C4)c3)cn2c1. The molecule has 2 aliphatic heterocycles. The molecule has 3 unspecified atom stereocenters. The maximum absolute atomic E-state index is 13.4. The molecule has 7 heteroatoms. The number of aromatic nitrogens is 2. The Kier molecular flexibility index (Phi) is 6.57. The highest BCUT2D eigenvalue weighted by molar-refractivity contribution is 5.95. The molecule has 0 spiro atoms. The molecule has 5 rings (SSSR count). The van der Waals surface area contributed by atoms with Crippen LogP contribution in [0.3, 0.4) is 0 Å². The molecule has 0 radical (unpaired) electrons. The number of aryl methyl sites for hydroxylation is 1. The van der Waals surface area contributed by atoms with Crippen molar-refractivity contribution in [1.82, 2.24) is 19.2 Å². The summed E-state index contributed by atoms with van der Waals surface area (Å²) < 4.78 is 13.9. The molecule has 2 fully saturated rings. The van der Waals surface area contributed by atoms with E-state index in [0.29, 0.717) is 17.9 Å². The van der Waals surface area contributed by atoms with Crippen molar-refractivity contribution in [2.45, 2.75) is 58.5 Å². The average molecular weight is 463 g/mol. The first-order chi connectivity index (χ1) is 16.4. The van der Waals surface area contributed by atoms with Crippen molar-refractivity contribution in [3.8, 4) is 5.75 Å². The van der Waals surface area contributed by atoms with Crippen molar-refractivity contribution in [2.24, 2.45) is 0 Å². The third-order valence-corrected chi connectivity index (χ3v) is 6.72. The van der Waals surface area contributed by atoms with E-state index in [0.717, 1.165) is 50.4 Å². The van der Waals surface area contributed by atoms with Crippen LogP contribution in [0.5, 0.6) is 5.75 Å². The van der Waals surface area contributed by atoms with Crippen LogP contribution in [0.1, 0.15) is 48.3 Å². The van der Waals surface area contributed by atoms with Crippen LogP contribution in [0.4, 0.5) is 0 Å². The number of carbonyl (C=O) groups excluding carboxylic acids is 1. The number of rotatable bonds is 6. The van der Waals surface area contributed by atoms with Gasteiger partial charge in [-0.05, 0) is 63.4 Å². The van der Waals surface area contributed by atoms with Gasteiger partial charge in [0.15, 0.2) is 0 Å². The van der Waals surface area contributed by atoms with Crippen LogP contribution in [0.2, 0.25) is 0 Å². The van der Waals surface area contributed by atoms with Crippen molar-refractivity contribution in [2.75, 3.05) is 26.2 Å². The molecular weight excluding hydrogens is 428 g/mol. The average Bonchev–Trinajstić information content (AvgIpc) is 3.43. The van der Waals surface area contributed by atoms with Crippen molar-refractivity contribution in [3.63, 3.8) is 0 Å². The number of morpholine rings is 1. The van der Waals surface area contributed by atoms with Gasteiger partial charge < -0.3 is 18.8 Å². The van der Waals surface area contributed by atoms with Gasteiger partial charge in [0.2, 0.25) is 0 Å². The summed E-state index contributed by atoms with van der Waals surface area (Å²) in [6.07, 6.45) is 6.61. The number of fused-ring (bicyclic) bond motifs is 1. The quantitative estimate of drug-likeness (QED) is 0.556. The van der Waals surface area contributed by atoms with Gasteiger partial charge in [-0.1, -0.05) is 12.1 Å². The maximum atomic E-state index is 13.4. The second kappa shape index (κ2) is 9.76. The zero-order valence-corrected chi connectivity index (χ0v) is 20.3. The molecule has 0 bridgehead atoms. The Bertz CT molecular complexity index is 1150. The highest BCUT2D eigenvalue weighted by atomic mass is 16.5. The minimum atomic E-state index is 0.0884. The van der Waals surface area contributed by atoms with E-state index in [2.05, 4.69) is 36.9 Å². The molecular formula is C27H34N4O3. The number of ether oxygens (including phenoxy) is 2. The molecule has 4 heterocycles. The van der Waals surface area contributed by atoms with Gasteiger partial charge in [0.1, 0.15) is 18.0 Å². The van der Waals surface area contributed by atoms with Crippen LogP contribution < -0.4 is 4.74 Å². The van der Waals surface area contributed by atoms with Crippen molar-refractivity contribution < 1.29 is 14.3 Å². The Morgan fingerprint density at radius 2 is 1.97 bits per heavy atom. The lowest BCUT2D eigenvalue weighted by Gasteiger charge is -2.38. The lowest BCUT2D eigenvalue weighted by Crippen LogP contribution is -2.50. The van der Waals surface area contributed by atoms with E-state index in [-0.39, 0.29) is 24.2 Å². The summed E-state index contributed by atoms with van der Waals surface area (Å²) in [7, 11) is 0. The summed E-state index contributed by atoms with van der Waals surface area (Å²) >= 11 is 0. The molecule has 1 aromatic carbocycles. The second-order valence-electron chi connectivity index (χ2n) is 9.79. The minimum Gasteiger partial charge on any atom is -0.487 e. The molecule has 0 saturated carbocycles. The van der Waals surface area contributed by atoms with Crippen LogP contribution >= 0.6 is 0 Å². The second-order valence-corrected chi connectivity index (χ2v) is 9.79. The molecule has 7 nitrogen and oxygen atoms in total. The number of benzene rings is 1. The summed E-state index contributed by atoms with van der Waals surface area (Å²) in [6, 6.07) is 11.8. The Morgan fingerprint density at radius 3 is 2.79 bits per heavy atom. The van der Waals surface area contributed by atoms with Crippen LogP contribution in [-0.4, -0.2) is 69.5 Å². The zero-order valence-electron chi connectivity index (χ0n) is 20.3. The molecule has 2 aliphatic rings. The topological polar surface area (TPSA) is 59.3 Å². The predicted octanol–water partition coefficient (Wildman–Crippen LogP) is 3.94. The lowest BCUT2D eigenvalue weighted by molar-refractivity contribution is -0.0715. The van der Waals surface area contributed by atoms with Crippen LogP contribution in [0.25, 0.3) is 5.65 Å². The Hall–Kier alpha value is -2.90. The Labute approximate surface area is 201 Å². The number of amides is 1. The van der Waals surface area contributed by atoms with E-state index in [1.807, 2.05) is 51.9 Å². The lowest BCUT2D eigenvalue weighted by atomic mass is 10.1. The summed E-state index contributed by atoms with van der Waals surface area (Å²) in [5.41, 5.74) is 3.62. The minimum absolute atomic E-state index is 0.0884. The standard InChI is InChI=1S/C27H34N4O3/c1-19-9-10-26-28-23(16-30(26)13-19)18-33-25-8-4-6-22(12-25)27(32)31-11-5-7-24(31)17-29-14-20(2)34-21(3)15-29/h4,6,8-10,12-13,16,20-21,24H,5,7,11,14-15,17-18H2,1-3H3.